The molecule has 1 aliphatic carbocycles. The van der Waals surface area contributed by atoms with Crippen LogP contribution in [-0.2, 0) is 11.2 Å². The third kappa shape index (κ3) is 7.54. The van der Waals surface area contributed by atoms with E-state index in [0.29, 0.717) is 18.0 Å². The number of nitrogens with zero attached hydrogens (tertiary/aromatic N) is 1. The Hall–Kier alpha value is -3.41. The normalized spacial score (nSPS) is 21.2. The van der Waals surface area contributed by atoms with Crippen LogP contribution >= 0.6 is 0 Å². The first kappa shape index (κ1) is 28.2. The summed E-state index contributed by atoms with van der Waals surface area (Å²) in [4.78, 5) is 17.5. The number of benzene rings is 2. The lowest BCUT2D eigenvalue weighted by Gasteiger charge is -2.36. The SMILES string of the molecule is C=C1CC[C@H](CC(CCC)NC(=O)Cc2cccc(O)c2)[C@@]1(C)CC(=CN)C(C)=Nc1ccc(F)cc1. The number of phenols is 1. The molecular weight excluding hydrogens is 465 g/mol. The molecule has 1 fully saturated rings. The molecule has 0 aromatic heterocycles. The van der Waals surface area contributed by atoms with Crippen LogP contribution in [0.1, 0.15) is 64.9 Å². The van der Waals surface area contributed by atoms with Crippen LogP contribution in [0.3, 0.4) is 0 Å². The molecule has 1 amide bonds. The maximum atomic E-state index is 13.3. The number of rotatable bonds is 11. The van der Waals surface area contributed by atoms with Crippen LogP contribution in [0.15, 0.2) is 77.4 Å². The molecule has 4 N–H and O–H groups in total. The summed E-state index contributed by atoms with van der Waals surface area (Å²) in [5.41, 5.74) is 10.3. The number of halogens is 1. The minimum atomic E-state index is -0.292. The molecule has 1 saturated carbocycles. The number of aromatic hydroxyl groups is 1. The molecule has 198 valence electrons. The molecule has 0 aliphatic heterocycles. The fraction of sp³-hybridized carbons (Fsp3) is 0.419. The predicted octanol–water partition coefficient (Wildman–Crippen LogP) is 6.75. The fourth-order valence-corrected chi connectivity index (χ4v) is 5.44. The monoisotopic (exact) mass is 505 g/mol. The van der Waals surface area contributed by atoms with Crippen LogP contribution in [0.25, 0.3) is 0 Å². The van der Waals surface area contributed by atoms with E-state index in [1.54, 1.807) is 36.5 Å². The summed E-state index contributed by atoms with van der Waals surface area (Å²) < 4.78 is 13.3. The molecule has 37 heavy (non-hydrogen) atoms. The minimum Gasteiger partial charge on any atom is -0.508 e. The number of hydrogen-bond acceptors (Lipinski definition) is 4. The second-order valence-corrected chi connectivity index (χ2v) is 10.4. The minimum absolute atomic E-state index is 0.0348. The van der Waals surface area contributed by atoms with Gasteiger partial charge < -0.3 is 16.2 Å². The van der Waals surface area contributed by atoms with Gasteiger partial charge in [-0.3, -0.25) is 9.79 Å². The lowest BCUT2D eigenvalue weighted by atomic mass is 9.70. The quantitative estimate of drug-likeness (QED) is 0.233. The van der Waals surface area contributed by atoms with Crippen molar-refractivity contribution in [1.82, 2.24) is 5.32 Å². The molecule has 5 nitrogen and oxygen atoms in total. The molecule has 0 heterocycles. The van der Waals surface area contributed by atoms with Crippen LogP contribution in [0, 0.1) is 17.2 Å². The van der Waals surface area contributed by atoms with E-state index < -0.39 is 0 Å². The van der Waals surface area contributed by atoms with Crippen molar-refractivity contribution in [2.24, 2.45) is 22.1 Å². The highest BCUT2D eigenvalue weighted by molar-refractivity contribution is 5.99. The Kier molecular flexibility index (Phi) is 9.67. The van der Waals surface area contributed by atoms with Crippen LogP contribution in [0.5, 0.6) is 5.75 Å². The van der Waals surface area contributed by atoms with Gasteiger partial charge in [0, 0.05) is 11.8 Å². The van der Waals surface area contributed by atoms with Gasteiger partial charge in [0.2, 0.25) is 5.91 Å². The molecule has 2 aromatic rings. The standard InChI is InChI=1S/C31H40FN3O2/c1-5-7-28(35-30(37)17-23-8-6-9-29(36)16-23)18-25-11-10-21(2)31(25,4)19-24(20-33)22(3)34-27-14-12-26(32)13-15-27/h6,8-9,12-16,20,25,28,36H,2,5,7,10-11,17-19,33H2,1,3-4H3,(H,35,37)/t25-,28?,31+/m1/s1. The Morgan fingerprint density at radius 1 is 1.32 bits per heavy atom. The summed E-state index contributed by atoms with van der Waals surface area (Å²) >= 11 is 0. The largest absolute Gasteiger partial charge is 0.508 e. The Morgan fingerprint density at radius 3 is 2.70 bits per heavy atom. The molecule has 6 heteroatoms. The zero-order valence-electron chi connectivity index (χ0n) is 22.3. The number of nitrogens with two attached hydrogens (primary N) is 1. The Labute approximate surface area is 220 Å². The zero-order valence-corrected chi connectivity index (χ0v) is 22.3. The molecular formula is C31H40FN3O2. The van der Waals surface area contributed by atoms with Gasteiger partial charge in [0.1, 0.15) is 11.6 Å². The van der Waals surface area contributed by atoms with E-state index in [2.05, 4.69) is 30.7 Å². The number of carbonyl (C=O) groups is 1. The highest BCUT2D eigenvalue weighted by atomic mass is 19.1. The van der Waals surface area contributed by atoms with Crippen LogP contribution in [0.2, 0.25) is 0 Å². The van der Waals surface area contributed by atoms with E-state index in [-0.39, 0.29) is 35.4 Å². The third-order valence-electron chi connectivity index (χ3n) is 7.70. The van der Waals surface area contributed by atoms with Crippen molar-refractivity contribution < 1.29 is 14.3 Å². The highest BCUT2D eigenvalue weighted by Crippen LogP contribution is 2.52. The maximum Gasteiger partial charge on any atom is 0.224 e. The van der Waals surface area contributed by atoms with Gasteiger partial charge in [0.25, 0.3) is 0 Å². The number of hydrogen-bond donors (Lipinski definition) is 3. The average Bonchev–Trinajstić information content (AvgIpc) is 3.12. The van der Waals surface area contributed by atoms with E-state index in [1.165, 1.54) is 17.7 Å². The van der Waals surface area contributed by atoms with Gasteiger partial charge in [-0.2, -0.15) is 0 Å². The lowest BCUT2D eigenvalue weighted by molar-refractivity contribution is -0.121. The van der Waals surface area contributed by atoms with Gasteiger partial charge in [0.15, 0.2) is 0 Å². The highest BCUT2D eigenvalue weighted by Gasteiger charge is 2.43. The smallest absolute Gasteiger partial charge is 0.224 e. The van der Waals surface area contributed by atoms with Crippen molar-refractivity contribution in [3.8, 4) is 5.75 Å². The Bertz CT molecular complexity index is 1160. The molecule has 0 spiro atoms. The van der Waals surface area contributed by atoms with Crippen LogP contribution in [-0.4, -0.2) is 22.8 Å². The number of amides is 1. The van der Waals surface area contributed by atoms with Crippen molar-refractivity contribution in [2.45, 2.75) is 71.8 Å². The number of allylic oxidation sites excluding steroid dienone is 2. The summed E-state index contributed by atoms with van der Waals surface area (Å²) in [6.07, 6.45) is 7.27. The molecule has 3 atom stereocenters. The van der Waals surface area contributed by atoms with Crippen molar-refractivity contribution in [3.05, 3.63) is 83.8 Å². The van der Waals surface area contributed by atoms with Crippen LogP contribution < -0.4 is 11.1 Å². The van der Waals surface area contributed by atoms with E-state index in [9.17, 15) is 14.3 Å². The van der Waals surface area contributed by atoms with E-state index in [1.807, 2.05) is 13.0 Å². The Balaban J connectivity index is 1.72. The summed E-state index contributed by atoms with van der Waals surface area (Å²) in [6, 6.07) is 13.0. The average molecular weight is 506 g/mol. The van der Waals surface area contributed by atoms with Crippen molar-refractivity contribution in [1.29, 1.82) is 0 Å². The summed E-state index contributed by atoms with van der Waals surface area (Å²) in [6.45, 7) is 10.7. The van der Waals surface area contributed by atoms with Gasteiger partial charge in [0.05, 0.1) is 12.1 Å². The maximum absolute atomic E-state index is 13.3. The van der Waals surface area contributed by atoms with E-state index >= 15 is 0 Å². The summed E-state index contributed by atoms with van der Waals surface area (Å²) in [7, 11) is 0. The van der Waals surface area contributed by atoms with Crippen LogP contribution in [0.4, 0.5) is 10.1 Å². The van der Waals surface area contributed by atoms with Crippen molar-refractivity contribution >= 4 is 17.3 Å². The fourth-order valence-electron chi connectivity index (χ4n) is 5.44. The van der Waals surface area contributed by atoms with Gasteiger partial charge in [-0.05, 0) is 104 Å². The second-order valence-electron chi connectivity index (χ2n) is 10.4. The van der Waals surface area contributed by atoms with Gasteiger partial charge in [-0.15, -0.1) is 0 Å². The summed E-state index contributed by atoms with van der Waals surface area (Å²) in [5, 5.41) is 13.0. The number of carbonyl (C=O) groups excluding carboxylic acids is 1. The molecule has 0 radical (unpaired) electrons. The number of nitrogens with one attached hydrogen (secondary N) is 1. The second kappa shape index (κ2) is 12.7. The van der Waals surface area contributed by atoms with E-state index in [4.69, 9.17) is 5.73 Å². The van der Waals surface area contributed by atoms with Gasteiger partial charge in [-0.25, -0.2) is 4.39 Å². The lowest BCUT2D eigenvalue weighted by Crippen LogP contribution is -2.39. The van der Waals surface area contributed by atoms with Crippen molar-refractivity contribution in [2.75, 3.05) is 0 Å². The molecule has 1 aliphatic rings. The van der Waals surface area contributed by atoms with E-state index in [0.717, 1.165) is 49.0 Å². The number of aliphatic imine (C=N–C) groups is 1. The Morgan fingerprint density at radius 2 is 2.05 bits per heavy atom. The summed E-state index contributed by atoms with van der Waals surface area (Å²) in [5.74, 6) is 0.177. The van der Waals surface area contributed by atoms with Gasteiger partial charge >= 0.3 is 0 Å². The number of phenolic OH excluding ortho intramolecular Hbond substituents is 1. The first-order chi connectivity index (χ1) is 17.6. The first-order valence-electron chi connectivity index (χ1n) is 13.1. The topological polar surface area (TPSA) is 87.7 Å². The first-order valence-corrected chi connectivity index (χ1v) is 13.1. The molecule has 0 saturated heterocycles. The molecule has 2 aromatic carbocycles. The molecule has 3 rings (SSSR count). The molecule has 1 unspecified atom stereocenters. The zero-order chi connectivity index (χ0) is 27.0. The predicted molar refractivity (Wildman–Crippen MR) is 149 cm³/mol. The molecule has 0 bridgehead atoms. The van der Waals surface area contributed by atoms with Gasteiger partial charge in [-0.1, -0.05) is 44.6 Å². The third-order valence-corrected chi connectivity index (χ3v) is 7.70. The van der Waals surface area contributed by atoms with Crippen molar-refractivity contribution in [3.63, 3.8) is 0 Å².